The van der Waals surface area contributed by atoms with E-state index in [1.54, 1.807) is 57.2 Å². The molecule has 0 fully saturated rings. The van der Waals surface area contributed by atoms with Crippen LogP contribution in [-0.4, -0.2) is 62.8 Å². The van der Waals surface area contributed by atoms with E-state index in [1.807, 2.05) is 64.1 Å². The Kier molecular flexibility index (Phi) is 15.8. The summed E-state index contributed by atoms with van der Waals surface area (Å²) in [5, 5.41) is 6.57. The average molecular weight is 1080 g/mol. The van der Waals surface area contributed by atoms with Gasteiger partial charge in [-0.3, -0.25) is 4.79 Å². The van der Waals surface area contributed by atoms with Gasteiger partial charge in [-0.05, 0) is 112 Å². The van der Waals surface area contributed by atoms with Gasteiger partial charge >= 0.3 is 12.1 Å². The van der Waals surface area contributed by atoms with Crippen molar-refractivity contribution in [2.75, 3.05) is 30.8 Å². The number of carbonyl (C=O) groups excluding carboxylic acids is 2. The maximum absolute atomic E-state index is 15.6. The van der Waals surface area contributed by atoms with Crippen LogP contribution in [0.4, 0.5) is 39.4 Å². The molecule has 0 saturated carbocycles. The maximum atomic E-state index is 15.6. The molecule has 390 valence electrons. The number of para-hydroxylation sites is 2. The van der Waals surface area contributed by atoms with Crippen LogP contribution in [0.2, 0.25) is 0 Å². The van der Waals surface area contributed by atoms with E-state index in [2.05, 4.69) is 15.4 Å². The first-order chi connectivity index (χ1) is 34.8. The van der Waals surface area contributed by atoms with Crippen LogP contribution in [0.25, 0.3) is 33.4 Å². The lowest BCUT2D eigenvalue weighted by Crippen LogP contribution is -2.33. The van der Waals surface area contributed by atoms with Gasteiger partial charge in [-0.1, -0.05) is 55.5 Å². The van der Waals surface area contributed by atoms with Crippen LogP contribution in [0.15, 0.2) is 121 Å². The Morgan fingerprint density at radius 2 is 1.30 bits per heavy atom. The van der Waals surface area contributed by atoms with Crippen molar-refractivity contribution >= 4 is 70.0 Å². The molecule has 0 saturated heterocycles. The van der Waals surface area contributed by atoms with Gasteiger partial charge in [0.15, 0.2) is 38.0 Å². The van der Waals surface area contributed by atoms with Crippen LogP contribution in [0.5, 0.6) is 0 Å². The molecule has 0 atom stereocenters. The van der Waals surface area contributed by atoms with Crippen LogP contribution in [0.1, 0.15) is 49.4 Å². The number of esters is 1. The van der Waals surface area contributed by atoms with Gasteiger partial charge in [-0.25, -0.2) is 52.6 Å². The summed E-state index contributed by atoms with van der Waals surface area (Å²) in [7, 11) is -16.9. The molecule has 1 amide bonds. The summed E-state index contributed by atoms with van der Waals surface area (Å²) in [5.41, 5.74) is 6.67. The number of amides is 1. The number of anilines is 2. The standard InChI is InChI=1S/C52H50F4N4O11S3/c1-8-52(6,7)50(61)69-23-22-57-51(62)70-24-25-72(63,64)48-42(53)44(55)49(45(56)43(48)54)74(67,68)60-73(65,66)36-17-11-16-33(26-36)41-37-20-18-34(58-46-29(2)12-9-13-30(46)3)27-39(37)71-40-28-35(19-21-38(40)41)59-47-31(4)14-10-15-32(47)5/h9-21,26-28,58,60H,8,22-25H2,1-7H3,(H,57,62)/b59-35+. The Labute approximate surface area is 425 Å². The third-order valence-electron chi connectivity index (χ3n) is 12.2. The Hall–Kier alpha value is -7.14. The molecular formula is C52H50F4N4O11S3. The van der Waals surface area contributed by atoms with Crippen LogP contribution in [0, 0.1) is 56.4 Å². The number of aryl methyl sites for hydroxylation is 4. The molecule has 15 nitrogen and oxygen atoms in total. The fourth-order valence-corrected chi connectivity index (χ4v) is 12.1. The van der Waals surface area contributed by atoms with Gasteiger partial charge < -0.3 is 24.5 Å². The summed E-state index contributed by atoms with van der Waals surface area (Å²) in [6.07, 6.45) is -0.790. The molecule has 0 aromatic heterocycles. The normalized spacial score (nSPS) is 12.6. The van der Waals surface area contributed by atoms with E-state index in [0.717, 1.165) is 49.9 Å². The number of hydrogen-bond acceptors (Lipinski definition) is 13. The number of carbonyl (C=O) groups is 2. The first-order valence-electron chi connectivity index (χ1n) is 22.8. The van der Waals surface area contributed by atoms with Crippen molar-refractivity contribution in [3.63, 3.8) is 0 Å². The molecule has 1 aliphatic carbocycles. The lowest BCUT2D eigenvalue weighted by Gasteiger charge is -2.20. The Morgan fingerprint density at radius 3 is 1.93 bits per heavy atom. The topological polar surface area (TPSA) is 217 Å². The number of rotatable bonds is 17. The molecule has 0 unspecified atom stereocenters. The zero-order valence-corrected chi connectivity index (χ0v) is 43.4. The number of sulfone groups is 1. The van der Waals surface area contributed by atoms with Gasteiger partial charge in [0.05, 0.1) is 33.7 Å². The summed E-state index contributed by atoms with van der Waals surface area (Å²) >= 11 is 0. The maximum Gasteiger partial charge on any atom is 0.407 e. The summed E-state index contributed by atoms with van der Waals surface area (Å²) in [5.74, 6) is -12.6. The quantitative estimate of drug-likeness (QED) is 0.0255. The lowest BCUT2D eigenvalue weighted by molar-refractivity contribution is -0.153. The Balaban J connectivity index is 1.19. The molecule has 0 bridgehead atoms. The number of fused-ring (bicyclic) bond motifs is 2. The van der Waals surface area contributed by atoms with Gasteiger partial charge in [0, 0.05) is 40.0 Å². The van der Waals surface area contributed by atoms with Gasteiger partial charge in [0.1, 0.15) is 29.5 Å². The lowest BCUT2D eigenvalue weighted by atomic mass is 9.91. The van der Waals surface area contributed by atoms with E-state index < -0.39 is 97.7 Å². The molecule has 1 heterocycles. The molecule has 0 spiro atoms. The van der Waals surface area contributed by atoms with Gasteiger partial charge in [0.2, 0.25) is 0 Å². The highest BCUT2D eigenvalue weighted by Crippen LogP contribution is 2.42. The van der Waals surface area contributed by atoms with Crippen LogP contribution >= 0.6 is 0 Å². The summed E-state index contributed by atoms with van der Waals surface area (Å²) in [4.78, 5) is 23.5. The Bertz CT molecular complexity index is 3700. The summed E-state index contributed by atoms with van der Waals surface area (Å²) in [6, 6.07) is 26.8. The van der Waals surface area contributed by atoms with E-state index in [1.165, 1.54) is 12.1 Å². The third kappa shape index (κ3) is 11.5. The number of benzene rings is 6. The molecule has 22 heteroatoms. The second-order valence-electron chi connectivity index (χ2n) is 17.9. The smallest absolute Gasteiger partial charge is 0.407 e. The monoisotopic (exact) mass is 1080 g/mol. The zero-order valence-electron chi connectivity index (χ0n) is 40.9. The zero-order chi connectivity index (χ0) is 54.1. The fourth-order valence-electron chi connectivity index (χ4n) is 7.79. The largest absolute Gasteiger partial charge is 0.463 e. The summed E-state index contributed by atoms with van der Waals surface area (Å²) < 4.78 is 160. The number of nitrogens with zero attached hydrogens (tertiary/aromatic N) is 1. The molecule has 74 heavy (non-hydrogen) atoms. The molecule has 5 aromatic rings. The van der Waals surface area contributed by atoms with Crippen molar-refractivity contribution in [3.05, 3.63) is 148 Å². The van der Waals surface area contributed by atoms with Gasteiger partial charge in [0.25, 0.3) is 20.0 Å². The predicted molar refractivity (Wildman–Crippen MR) is 269 cm³/mol. The van der Waals surface area contributed by atoms with Crippen LogP contribution in [-0.2, 0) is 44.2 Å². The van der Waals surface area contributed by atoms with Crippen LogP contribution < -0.4 is 20.1 Å². The fraction of sp³-hybridized carbons (Fsp3) is 0.250. The summed E-state index contributed by atoms with van der Waals surface area (Å²) in [6.45, 7) is 11.1. The minimum absolute atomic E-state index is 0.188. The number of hydrogen-bond donors (Lipinski definition) is 3. The SMILES string of the molecule is CCC(C)(C)C(=O)OCCNC(=O)OCCS(=O)(=O)c1c(F)c(F)c(S(=O)(=O)NS(=O)(=O)c2cccc(-c3c4cc/c(=N\c5c(C)cccc5C)cc-4oc4cc(Nc5c(C)cccc5C)ccc34)c2)c(F)c1F. The van der Waals surface area contributed by atoms with Gasteiger partial charge in [-0.15, -0.1) is 4.13 Å². The second-order valence-corrected chi connectivity index (χ2v) is 23.5. The average Bonchev–Trinajstić information content (AvgIpc) is 3.33. The van der Waals surface area contributed by atoms with Gasteiger partial charge in [-0.2, -0.15) is 0 Å². The first kappa shape index (κ1) is 54.6. The van der Waals surface area contributed by atoms with Crippen molar-refractivity contribution in [2.45, 2.75) is 69.6 Å². The molecule has 2 aliphatic rings. The van der Waals surface area contributed by atoms with Crippen LogP contribution in [0.3, 0.4) is 0 Å². The van der Waals surface area contributed by atoms with Crippen molar-refractivity contribution < 1.29 is 66.3 Å². The highest BCUT2D eigenvalue weighted by molar-refractivity contribution is 8.04. The number of alkyl carbamates (subject to hydrolysis) is 1. The highest BCUT2D eigenvalue weighted by atomic mass is 32.3. The molecular weight excluding hydrogens is 1030 g/mol. The molecule has 7 rings (SSSR count). The van der Waals surface area contributed by atoms with E-state index in [4.69, 9.17) is 14.1 Å². The first-order valence-corrected chi connectivity index (χ1v) is 27.4. The van der Waals surface area contributed by atoms with Crippen molar-refractivity contribution in [3.8, 4) is 22.5 Å². The minimum atomic E-state index is -6.11. The number of halogens is 4. The van der Waals surface area contributed by atoms with E-state index in [-0.39, 0.29) is 18.7 Å². The predicted octanol–water partition coefficient (Wildman–Crippen LogP) is 10.1. The van der Waals surface area contributed by atoms with Crippen molar-refractivity contribution in [1.29, 1.82) is 0 Å². The van der Waals surface area contributed by atoms with Crippen molar-refractivity contribution in [2.24, 2.45) is 10.4 Å². The number of sulfonamides is 2. The Morgan fingerprint density at radius 1 is 0.689 bits per heavy atom. The number of nitrogens with one attached hydrogen (secondary N) is 3. The molecule has 0 radical (unpaired) electrons. The highest BCUT2D eigenvalue weighted by Gasteiger charge is 2.40. The molecule has 5 aromatic carbocycles. The third-order valence-corrected chi connectivity index (χ3v) is 17.4. The second kappa shape index (κ2) is 21.4. The number of ether oxygens (including phenoxy) is 2. The van der Waals surface area contributed by atoms with Crippen molar-refractivity contribution in [1.82, 2.24) is 9.44 Å². The van der Waals surface area contributed by atoms with E-state index >= 15 is 17.6 Å². The minimum Gasteiger partial charge on any atom is -0.463 e. The van der Waals surface area contributed by atoms with E-state index in [9.17, 15) is 34.8 Å². The van der Waals surface area contributed by atoms with E-state index in [0.29, 0.717) is 45.3 Å². The molecule has 3 N–H and O–H groups in total. The molecule has 1 aliphatic heterocycles.